The number of aryl methyl sites for hydroxylation is 2. The number of nitrogens with one attached hydrogen (secondary N) is 1. The number of thiophene rings is 1. The van der Waals surface area contributed by atoms with Crippen molar-refractivity contribution in [1.82, 2.24) is 0 Å². The number of esters is 1. The van der Waals surface area contributed by atoms with E-state index in [1.165, 1.54) is 18.4 Å². The highest BCUT2D eigenvalue weighted by Crippen LogP contribution is 2.41. The predicted molar refractivity (Wildman–Crippen MR) is 110 cm³/mol. The molecule has 3 aromatic rings. The van der Waals surface area contributed by atoms with E-state index in [4.69, 9.17) is 16.3 Å². The van der Waals surface area contributed by atoms with Crippen LogP contribution >= 0.6 is 22.9 Å². The molecule has 1 amide bonds. The van der Waals surface area contributed by atoms with Gasteiger partial charge in [-0.3, -0.25) is 4.79 Å². The van der Waals surface area contributed by atoms with Crippen LogP contribution in [0.5, 0.6) is 0 Å². The summed E-state index contributed by atoms with van der Waals surface area (Å²) in [6.07, 6.45) is 0. The summed E-state index contributed by atoms with van der Waals surface area (Å²) in [6, 6.07) is 14.5. The van der Waals surface area contributed by atoms with Gasteiger partial charge in [0.2, 0.25) is 0 Å². The number of carbonyl (C=O) groups excluding carboxylic acids is 2. The molecule has 0 radical (unpaired) electrons. The topological polar surface area (TPSA) is 55.4 Å². The van der Waals surface area contributed by atoms with Gasteiger partial charge in [0, 0.05) is 21.0 Å². The monoisotopic (exact) mass is 399 g/mol. The lowest BCUT2D eigenvalue weighted by Gasteiger charge is -2.09. The molecule has 3 rings (SSSR count). The zero-order chi connectivity index (χ0) is 19.6. The quantitative estimate of drug-likeness (QED) is 0.570. The Hall–Kier alpha value is -2.63. The van der Waals surface area contributed by atoms with Crippen LogP contribution in [-0.2, 0) is 4.74 Å². The van der Waals surface area contributed by atoms with Crippen LogP contribution in [0.15, 0.2) is 48.5 Å². The van der Waals surface area contributed by atoms with Gasteiger partial charge in [-0.2, -0.15) is 0 Å². The summed E-state index contributed by atoms with van der Waals surface area (Å²) in [7, 11) is 1.32. The number of carbonyl (C=O) groups is 2. The van der Waals surface area contributed by atoms with E-state index in [0.717, 1.165) is 16.0 Å². The highest BCUT2D eigenvalue weighted by atomic mass is 35.5. The van der Waals surface area contributed by atoms with E-state index in [1.54, 1.807) is 24.3 Å². The largest absolute Gasteiger partial charge is 0.465 e. The Bertz CT molecular complexity index is 1010. The lowest BCUT2D eigenvalue weighted by Crippen LogP contribution is -2.14. The second kappa shape index (κ2) is 7.94. The van der Waals surface area contributed by atoms with Crippen LogP contribution in [-0.4, -0.2) is 19.0 Å². The van der Waals surface area contributed by atoms with E-state index >= 15 is 0 Å². The minimum absolute atomic E-state index is 0.279. The first kappa shape index (κ1) is 19.1. The maximum Gasteiger partial charge on any atom is 0.341 e. The first-order valence-electron chi connectivity index (χ1n) is 8.26. The Morgan fingerprint density at radius 1 is 1.07 bits per heavy atom. The lowest BCUT2D eigenvalue weighted by atomic mass is 10.0. The number of benzene rings is 2. The smallest absolute Gasteiger partial charge is 0.341 e. The fourth-order valence-corrected chi connectivity index (χ4v) is 4.05. The van der Waals surface area contributed by atoms with Gasteiger partial charge < -0.3 is 10.1 Å². The number of anilines is 1. The van der Waals surface area contributed by atoms with Crippen LogP contribution in [0.1, 0.15) is 31.2 Å². The van der Waals surface area contributed by atoms with Crippen LogP contribution in [0.25, 0.3) is 11.1 Å². The fourth-order valence-electron chi connectivity index (χ4n) is 2.80. The molecule has 27 heavy (non-hydrogen) atoms. The first-order valence-corrected chi connectivity index (χ1v) is 9.46. The van der Waals surface area contributed by atoms with Gasteiger partial charge in [0.25, 0.3) is 5.91 Å². The molecule has 0 atom stereocenters. The normalized spacial score (nSPS) is 10.5. The van der Waals surface area contributed by atoms with Gasteiger partial charge in [-0.05, 0) is 43.7 Å². The first-order chi connectivity index (χ1) is 12.9. The summed E-state index contributed by atoms with van der Waals surface area (Å²) in [6.45, 7) is 3.85. The Morgan fingerprint density at radius 3 is 2.41 bits per heavy atom. The van der Waals surface area contributed by atoms with Gasteiger partial charge in [0.15, 0.2) is 0 Å². The van der Waals surface area contributed by atoms with Crippen molar-refractivity contribution >= 4 is 39.8 Å². The van der Waals surface area contributed by atoms with E-state index in [-0.39, 0.29) is 5.91 Å². The highest BCUT2D eigenvalue weighted by Gasteiger charge is 2.25. The molecule has 2 aromatic carbocycles. The van der Waals surface area contributed by atoms with E-state index in [2.05, 4.69) is 5.32 Å². The zero-order valence-corrected chi connectivity index (χ0v) is 16.7. The Labute approximate surface area is 166 Å². The third-order valence-electron chi connectivity index (χ3n) is 4.13. The standard InChI is InChI=1S/C21H18ClNO3S/c1-12-7-9-14(10-8-12)19(24)23-20-18(21(25)26-3)17(13(2)27-20)15-5-4-6-16(22)11-15/h4-11H,1-3H3,(H,23,24). The predicted octanol–water partition coefficient (Wildman–Crippen LogP) is 5.72. The van der Waals surface area contributed by atoms with Crippen molar-refractivity contribution in [2.24, 2.45) is 0 Å². The van der Waals surface area contributed by atoms with Gasteiger partial charge >= 0.3 is 5.97 Å². The van der Waals surface area contributed by atoms with Crippen molar-refractivity contribution in [2.75, 3.05) is 12.4 Å². The molecule has 0 spiro atoms. The van der Waals surface area contributed by atoms with E-state index in [9.17, 15) is 9.59 Å². The maximum atomic E-state index is 12.6. The number of amides is 1. The average Bonchev–Trinajstić information content (AvgIpc) is 2.97. The van der Waals surface area contributed by atoms with Crippen molar-refractivity contribution in [1.29, 1.82) is 0 Å². The number of rotatable bonds is 4. The summed E-state index contributed by atoms with van der Waals surface area (Å²) >= 11 is 7.45. The summed E-state index contributed by atoms with van der Waals surface area (Å²) < 4.78 is 4.97. The molecule has 0 saturated carbocycles. The van der Waals surface area contributed by atoms with Crippen LogP contribution in [0.2, 0.25) is 5.02 Å². The van der Waals surface area contributed by atoms with Crippen molar-refractivity contribution in [3.05, 3.63) is 75.1 Å². The molecular weight excluding hydrogens is 382 g/mol. The van der Waals surface area contributed by atoms with Crippen LogP contribution in [0, 0.1) is 13.8 Å². The van der Waals surface area contributed by atoms with E-state index < -0.39 is 5.97 Å². The molecule has 0 unspecified atom stereocenters. The zero-order valence-electron chi connectivity index (χ0n) is 15.1. The van der Waals surface area contributed by atoms with Crippen molar-refractivity contribution in [3.63, 3.8) is 0 Å². The van der Waals surface area contributed by atoms with Crippen LogP contribution in [0.4, 0.5) is 5.00 Å². The third kappa shape index (κ3) is 4.04. The number of halogens is 1. The second-order valence-corrected chi connectivity index (χ2v) is 7.72. The molecule has 1 heterocycles. The molecule has 0 fully saturated rings. The Kier molecular flexibility index (Phi) is 5.63. The van der Waals surface area contributed by atoms with Crippen LogP contribution < -0.4 is 5.32 Å². The minimum atomic E-state index is -0.506. The molecule has 1 aromatic heterocycles. The Morgan fingerprint density at radius 2 is 1.78 bits per heavy atom. The number of hydrogen-bond donors (Lipinski definition) is 1. The van der Waals surface area contributed by atoms with Gasteiger partial charge in [0.05, 0.1) is 7.11 Å². The van der Waals surface area contributed by atoms with Gasteiger partial charge in [-0.25, -0.2) is 4.79 Å². The molecule has 1 N–H and O–H groups in total. The van der Waals surface area contributed by atoms with Crippen molar-refractivity contribution in [2.45, 2.75) is 13.8 Å². The molecular formula is C21H18ClNO3S. The average molecular weight is 400 g/mol. The number of hydrogen-bond acceptors (Lipinski definition) is 4. The maximum absolute atomic E-state index is 12.6. The second-order valence-electron chi connectivity index (χ2n) is 6.06. The molecule has 4 nitrogen and oxygen atoms in total. The SMILES string of the molecule is COC(=O)c1c(NC(=O)c2ccc(C)cc2)sc(C)c1-c1cccc(Cl)c1. The molecule has 0 bridgehead atoms. The summed E-state index contributed by atoms with van der Waals surface area (Å²) in [5.41, 5.74) is 3.44. The molecule has 0 aliphatic rings. The van der Waals surface area contributed by atoms with Gasteiger partial charge in [0.1, 0.15) is 10.6 Å². The van der Waals surface area contributed by atoms with Crippen molar-refractivity contribution < 1.29 is 14.3 Å². The summed E-state index contributed by atoms with van der Waals surface area (Å²) in [4.78, 5) is 26.0. The van der Waals surface area contributed by atoms with E-state index in [0.29, 0.717) is 26.7 Å². The molecule has 138 valence electrons. The molecule has 0 aliphatic carbocycles. The summed E-state index contributed by atoms with van der Waals surface area (Å²) in [5, 5.41) is 3.88. The molecule has 0 aliphatic heterocycles. The van der Waals surface area contributed by atoms with Gasteiger partial charge in [-0.1, -0.05) is 41.4 Å². The number of methoxy groups -OCH3 is 1. The molecule has 0 saturated heterocycles. The number of ether oxygens (including phenoxy) is 1. The minimum Gasteiger partial charge on any atom is -0.465 e. The third-order valence-corrected chi connectivity index (χ3v) is 5.38. The Balaban J connectivity index is 2.05. The molecule has 6 heteroatoms. The highest BCUT2D eigenvalue weighted by molar-refractivity contribution is 7.17. The van der Waals surface area contributed by atoms with Gasteiger partial charge in [-0.15, -0.1) is 11.3 Å². The fraction of sp³-hybridized carbons (Fsp3) is 0.143. The van der Waals surface area contributed by atoms with Crippen molar-refractivity contribution in [3.8, 4) is 11.1 Å². The summed E-state index contributed by atoms with van der Waals surface area (Å²) in [5.74, 6) is -0.785. The van der Waals surface area contributed by atoms with Crippen LogP contribution in [0.3, 0.4) is 0 Å². The lowest BCUT2D eigenvalue weighted by molar-refractivity contribution is 0.0603. The van der Waals surface area contributed by atoms with E-state index in [1.807, 2.05) is 38.1 Å².